The molecule has 0 saturated heterocycles. The van der Waals surface area contributed by atoms with Crippen molar-refractivity contribution in [2.45, 2.75) is 18.9 Å². The van der Waals surface area contributed by atoms with Crippen molar-refractivity contribution in [3.8, 4) is 11.3 Å². The topological polar surface area (TPSA) is 79.1 Å². The normalized spacial score (nSPS) is 14.7. The lowest BCUT2D eigenvalue weighted by molar-refractivity contribution is -0.138. The molecule has 2 heterocycles. The van der Waals surface area contributed by atoms with Gasteiger partial charge in [-0.25, -0.2) is 0 Å². The Hall–Kier alpha value is -2.11. The summed E-state index contributed by atoms with van der Waals surface area (Å²) >= 11 is 1.52. The van der Waals surface area contributed by atoms with Gasteiger partial charge in [-0.1, -0.05) is 18.2 Å². The maximum absolute atomic E-state index is 11.1. The molecule has 0 saturated carbocycles. The van der Waals surface area contributed by atoms with Crippen molar-refractivity contribution >= 4 is 28.2 Å². The van der Waals surface area contributed by atoms with Crippen molar-refractivity contribution in [3.05, 3.63) is 45.6 Å². The third kappa shape index (κ3) is 1.81. The van der Waals surface area contributed by atoms with Crippen molar-refractivity contribution in [1.82, 2.24) is 4.98 Å². The third-order valence-electron chi connectivity index (χ3n) is 4.09. The highest BCUT2D eigenvalue weighted by Gasteiger charge is 2.26. The van der Waals surface area contributed by atoms with Gasteiger partial charge in [-0.3, -0.25) is 4.79 Å². The summed E-state index contributed by atoms with van der Waals surface area (Å²) in [5.74, 6) is -0.981. The molecule has 0 radical (unpaired) electrons. The number of carboxylic acid groups (broad SMARTS) is 1. The second kappa shape index (κ2) is 4.44. The number of thiophene rings is 1. The van der Waals surface area contributed by atoms with Gasteiger partial charge in [-0.15, -0.1) is 11.3 Å². The van der Waals surface area contributed by atoms with Crippen LogP contribution in [0.3, 0.4) is 0 Å². The van der Waals surface area contributed by atoms with E-state index < -0.39 is 12.0 Å². The minimum absolute atomic E-state index is 0.721. The van der Waals surface area contributed by atoms with Crippen LogP contribution in [0, 0.1) is 0 Å². The van der Waals surface area contributed by atoms with Crippen molar-refractivity contribution in [3.63, 3.8) is 0 Å². The van der Waals surface area contributed by atoms with Crippen LogP contribution in [-0.4, -0.2) is 16.1 Å². The number of aromatic nitrogens is 1. The first-order valence-electron chi connectivity index (χ1n) is 6.86. The number of carbonyl (C=O) groups is 1. The lowest BCUT2D eigenvalue weighted by Gasteiger charge is -2.11. The quantitative estimate of drug-likeness (QED) is 0.680. The molecule has 4 rings (SSSR count). The number of para-hydroxylation sites is 1. The first kappa shape index (κ1) is 12.6. The maximum atomic E-state index is 11.1. The Morgan fingerprint density at radius 3 is 2.95 bits per heavy atom. The number of nitrogens with one attached hydrogen (secondary N) is 1. The number of aryl methyl sites for hydroxylation is 2. The number of aromatic amines is 1. The Kier molecular flexibility index (Phi) is 2.67. The second-order valence-electron chi connectivity index (χ2n) is 5.33. The molecule has 2 aromatic heterocycles. The van der Waals surface area contributed by atoms with Gasteiger partial charge in [-0.2, -0.15) is 0 Å². The first-order chi connectivity index (χ1) is 10.1. The molecule has 0 fully saturated rings. The minimum Gasteiger partial charge on any atom is -0.480 e. The maximum Gasteiger partial charge on any atom is 0.325 e. The molecule has 1 atom stereocenters. The van der Waals surface area contributed by atoms with E-state index in [2.05, 4.69) is 17.1 Å². The fourth-order valence-electron chi connectivity index (χ4n) is 3.05. The lowest BCUT2D eigenvalue weighted by atomic mass is 9.94. The average molecular weight is 298 g/mol. The van der Waals surface area contributed by atoms with Gasteiger partial charge in [0.25, 0.3) is 0 Å². The molecular formula is C16H14N2O2S. The molecule has 0 spiro atoms. The van der Waals surface area contributed by atoms with Gasteiger partial charge >= 0.3 is 5.97 Å². The van der Waals surface area contributed by atoms with E-state index in [1.165, 1.54) is 27.2 Å². The van der Waals surface area contributed by atoms with E-state index in [0.29, 0.717) is 0 Å². The van der Waals surface area contributed by atoms with Gasteiger partial charge in [0.15, 0.2) is 0 Å². The summed E-state index contributed by atoms with van der Waals surface area (Å²) in [5.41, 5.74) is 10.4. The van der Waals surface area contributed by atoms with Crippen LogP contribution >= 0.6 is 11.3 Å². The number of carboxylic acids is 1. The Morgan fingerprint density at radius 2 is 2.14 bits per heavy atom. The lowest BCUT2D eigenvalue weighted by Crippen LogP contribution is -2.19. The molecule has 3 aromatic rings. The van der Waals surface area contributed by atoms with Crippen molar-refractivity contribution in [2.24, 2.45) is 5.73 Å². The number of H-pyrrole nitrogens is 1. The smallest absolute Gasteiger partial charge is 0.325 e. The fourth-order valence-corrected chi connectivity index (χ4v) is 4.21. The summed E-state index contributed by atoms with van der Waals surface area (Å²) in [7, 11) is 0. The van der Waals surface area contributed by atoms with E-state index in [4.69, 9.17) is 10.8 Å². The zero-order chi connectivity index (χ0) is 14.6. The molecule has 1 aliphatic rings. The number of aliphatic carboxylic acids is 1. The van der Waals surface area contributed by atoms with Crippen LogP contribution in [0.15, 0.2) is 30.3 Å². The van der Waals surface area contributed by atoms with Crippen LogP contribution in [-0.2, 0) is 17.6 Å². The summed E-state index contributed by atoms with van der Waals surface area (Å²) < 4.78 is 0. The molecule has 5 heteroatoms. The Balaban J connectivity index is 1.90. The molecule has 1 aromatic carbocycles. The molecule has 4 nitrogen and oxygen atoms in total. The van der Waals surface area contributed by atoms with Crippen molar-refractivity contribution in [1.29, 1.82) is 0 Å². The summed E-state index contributed by atoms with van der Waals surface area (Å²) in [6.45, 7) is 0. The molecule has 1 unspecified atom stereocenters. The van der Waals surface area contributed by atoms with Gasteiger partial charge in [0.05, 0.1) is 5.69 Å². The van der Waals surface area contributed by atoms with Gasteiger partial charge in [0.2, 0.25) is 0 Å². The zero-order valence-electron chi connectivity index (χ0n) is 11.2. The number of hydrogen-bond acceptors (Lipinski definition) is 3. The first-order valence-corrected chi connectivity index (χ1v) is 7.67. The van der Waals surface area contributed by atoms with Crippen LogP contribution in [0.5, 0.6) is 0 Å². The highest BCUT2D eigenvalue weighted by Crippen LogP contribution is 2.42. The average Bonchev–Trinajstić information content (AvgIpc) is 3.06. The predicted octanol–water partition coefficient (Wildman–Crippen LogP) is 3.08. The van der Waals surface area contributed by atoms with Crippen molar-refractivity contribution < 1.29 is 9.90 Å². The Labute approximate surface area is 125 Å². The standard InChI is InChI=1S/C16H14N2O2S/c17-14(16(19)20)13-7-10-12(21-13)6-5-9-8-3-1-2-4-11(8)18-15(9)10/h1-4,7,14,18H,5-6,17H2,(H,19,20). The van der Waals surface area contributed by atoms with Gasteiger partial charge in [-0.05, 0) is 30.5 Å². The summed E-state index contributed by atoms with van der Waals surface area (Å²) in [5, 5.41) is 10.3. The van der Waals surface area contributed by atoms with Crippen LogP contribution in [0.1, 0.15) is 21.4 Å². The predicted molar refractivity (Wildman–Crippen MR) is 83.6 cm³/mol. The number of benzene rings is 1. The summed E-state index contributed by atoms with van der Waals surface area (Å²) in [6.07, 6.45) is 1.93. The van der Waals surface area contributed by atoms with E-state index in [-0.39, 0.29) is 0 Å². The van der Waals surface area contributed by atoms with Crippen LogP contribution in [0.25, 0.3) is 22.2 Å². The summed E-state index contributed by atoms with van der Waals surface area (Å²) in [6, 6.07) is 9.27. The SMILES string of the molecule is NC(C(=O)O)c1cc2c(s1)CCc1c-2[nH]c2ccccc12. The number of fused-ring (bicyclic) bond motifs is 5. The van der Waals surface area contributed by atoms with E-state index >= 15 is 0 Å². The molecule has 106 valence electrons. The van der Waals surface area contributed by atoms with Gasteiger partial charge in [0.1, 0.15) is 6.04 Å². The van der Waals surface area contributed by atoms with Crippen LogP contribution < -0.4 is 5.73 Å². The van der Waals surface area contributed by atoms with E-state index in [9.17, 15) is 4.79 Å². The number of hydrogen-bond donors (Lipinski definition) is 3. The van der Waals surface area contributed by atoms with E-state index in [1.807, 2.05) is 18.2 Å². The molecule has 4 N–H and O–H groups in total. The van der Waals surface area contributed by atoms with Gasteiger partial charge < -0.3 is 15.8 Å². The van der Waals surface area contributed by atoms with Crippen LogP contribution in [0.4, 0.5) is 0 Å². The molecule has 0 aliphatic heterocycles. The number of nitrogens with two attached hydrogens (primary N) is 1. The Bertz CT molecular complexity index is 862. The Morgan fingerprint density at radius 1 is 1.33 bits per heavy atom. The van der Waals surface area contributed by atoms with Gasteiger partial charge in [0, 0.05) is 26.2 Å². The van der Waals surface area contributed by atoms with E-state index in [0.717, 1.165) is 34.5 Å². The van der Waals surface area contributed by atoms with Crippen molar-refractivity contribution in [2.75, 3.05) is 0 Å². The summed E-state index contributed by atoms with van der Waals surface area (Å²) in [4.78, 5) is 16.5. The highest BCUT2D eigenvalue weighted by atomic mass is 32.1. The number of rotatable bonds is 2. The molecular weight excluding hydrogens is 284 g/mol. The fraction of sp³-hybridized carbons (Fsp3) is 0.188. The molecule has 1 aliphatic carbocycles. The minimum atomic E-state index is -0.981. The molecule has 21 heavy (non-hydrogen) atoms. The zero-order valence-corrected chi connectivity index (χ0v) is 12.0. The van der Waals surface area contributed by atoms with Crippen LogP contribution in [0.2, 0.25) is 0 Å². The largest absolute Gasteiger partial charge is 0.480 e. The monoisotopic (exact) mass is 298 g/mol. The third-order valence-corrected chi connectivity index (χ3v) is 5.36. The highest BCUT2D eigenvalue weighted by molar-refractivity contribution is 7.12. The molecule has 0 amide bonds. The van der Waals surface area contributed by atoms with E-state index in [1.54, 1.807) is 0 Å². The molecule has 0 bridgehead atoms. The second-order valence-corrected chi connectivity index (χ2v) is 6.49.